The van der Waals surface area contributed by atoms with E-state index in [1.165, 1.54) is 36.0 Å². The third-order valence-electron chi connectivity index (χ3n) is 9.47. The van der Waals surface area contributed by atoms with E-state index in [1.807, 2.05) is 29.0 Å². The highest BCUT2D eigenvalue weighted by atomic mass is 16.7. The highest BCUT2D eigenvalue weighted by Crippen LogP contribution is 2.38. The fourth-order valence-corrected chi connectivity index (χ4v) is 5.79. The standard InChI is InChI=1S/C17H19N3O2.C16H21BN2O2/c1-11-2-7-16(19(9-11)17(21)22)12-3-4-13-10-20(14-5-6-14)18-15(13)8-12;1-15(2)16(3,4)21-17(20-15)12-6-5-11-10-19(13-7-8-13)18-14(11)9-12/h3-4,7-8,10-11,14H,2,5-6,9H2,1H3,(H,21,22);5-6,9-10,13H,7-8H2,1-4H3/t11-;/m0./s1. The second-order valence-electron chi connectivity index (χ2n) is 13.7. The van der Waals surface area contributed by atoms with Crippen molar-refractivity contribution >= 4 is 46.2 Å². The number of carboxylic acid groups (broad SMARTS) is 1. The zero-order valence-electron chi connectivity index (χ0n) is 25.7. The number of amides is 1. The van der Waals surface area contributed by atoms with E-state index in [4.69, 9.17) is 9.31 Å². The molecule has 1 saturated heterocycles. The van der Waals surface area contributed by atoms with Gasteiger partial charge in [0, 0.05) is 35.3 Å². The summed E-state index contributed by atoms with van der Waals surface area (Å²) in [5, 5.41) is 21.1. The van der Waals surface area contributed by atoms with Gasteiger partial charge in [-0.05, 0) is 83.3 Å². The molecule has 224 valence electrons. The molecule has 2 saturated carbocycles. The molecule has 43 heavy (non-hydrogen) atoms. The summed E-state index contributed by atoms with van der Waals surface area (Å²) >= 11 is 0. The summed E-state index contributed by atoms with van der Waals surface area (Å²) in [4.78, 5) is 13.0. The molecule has 2 aromatic heterocycles. The van der Waals surface area contributed by atoms with E-state index in [0.717, 1.165) is 39.6 Å². The van der Waals surface area contributed by atoms with Gasteiger partial charge in [0.25, 0.3) is 0 Å². The topological polar surface area (TPSA) is 94.6 Å². The van der Waals surface area contributed by atoms with Crippen LogP contribution in [0, 0.1) is 5.92 Å². The van der Waals surface area contributed by atoms with E-state index in [1.54, 1.807) is 0 Å². The van der Waals surface area contributed by atoms with E-state index in [2.05, 4.69) is 80.1 Å². The minimum Gasteiger partial charge on any atom is -0.465 e. The number of nitrogens with zero attached hydrogens (tertiary/aromatic N) is 5. The maximum absolute atomic E-state index is 11.5. The van der Waals surface area contributed by atoms with Crippen molar-refractivity contribution in [3.05, 3.63) is 60.4 Å². The van der Waals surface area contributed by atoms with Gasteiger partial charge in [0.2, 0.25) is 0 Å². The Labute approximate surface area is 252 Å². The summed E-state index contributed by atoms with van der Waals surface area (Å²) < 4.78 is 16.4. The van der Waals surface area contributed by atoms with Crippen LogP contribution >= 0.6 is 0 Å². The molecule has 8 rings (SSSR count). The van der Waals surface area contributed by atoms with Crippen LogP contribution in [0.2, 0.25) is 0 Å². The number of aromatic nitrogens is 4. The molecule has 2 aliphatic heterocycles. The van der Waals surface area contributed by atoms with Gasteiger partial charge in [-0.25, -0.2) is 4.79 Å². The highest BCUT2D eigenvalue weighted by molar-refractivity contribution is 6.62. The normalized spacial score (nSPS) is 22.9. The molecular weight excluding hydrogens is 541 g/mol. The van der Waals surface area contributed by atoms with Crippen molar-refractivity contribution < 1.29 is 19.2 Å². The molecule has 2 aromatic carbocycles. The Morgan fingerprint density at radius 1 is 0.884 bits per heavy atom. The van der Waals surface area contributed by atoms with E-state index in [9.17, 15) is 9.90 Å². The number of fused-ring (bicyclic) bond motifs is 2. The van der Waals surface area contributed by atoms with Crippen molar-refractivity contribution in [3.8, 4) is 0 Å². The molecule has 4 heterocycles. The molecule has 4 aliphatic rings. The highest BCUT2D eigenvalue weighted by Gasteiger charge is 2.51. The molecule has 4 aromatic rings. The lowest BCUT2D eigenvalue weighted by Gasteiger charge is -2.32. The van der Waals surface area contributed by atoms with E-state index in [0.29, 0.717) is 24.5 Å². The quantitative estimate of drug-likeness (QED) is 0.280. The van der Waals surface area contributed by atoms with Crippen LogP contribution in [-0.4, -0.2) is 60.5 Å². The van der Waals surface area contributed by atoms with E-state index < -0.39 is 6.09 Å². The maximum Gasteiger partial charge on any atom is 0.494 e. The lowest BCUT2D eigenvalue weighted by Crippen LogP contribution is -2.41. The van der Waals surface area contributed by atoms with Crippen molar-refractivity contribution in [2.24, 2.45) is 5.92 Å². The second-order valence-corrected chi connectivity index (χ2v) is 13.7. The van der Waals surface area contributed by atoms with Crippen molar-refractivity contribution in [2.75, 3.05) is 6.54 Å². The number of benzene rings is 2. The van der Waals surface area contributed by atoms with Gasteiger partial charge >= 0.3 is 13.2 Å². The SMILES string of the molecule is CC1(C)OB(c2ccc3cn(C4CC4)nc3c2)OC1(C)C.C[C@H]1CC=C(c2ccc3cn(C4CC4)nc3c2)N(C(=O)O)C1. The molecule has 10 heteroatoms. The molecule has 1 N–H and O–H groups in total. The van der Waals surface area contributed by atoms with Crippen LogP contribution < -0.4 is 5.46 Å². The second kappa shape index (κ2) is 10.2. The fourth-order valence-electron chi connectivity index (χ4n) is 5.79. The smallest absolute Gasteiger partial charge is 0.465 e. The molecule has 0 unspecified atom stereocenters. The Kier molecular flexibility index (Phi) is 6.70. The zero-order valence-corrected chi connectivity index (χ0v) is 25.7. The monoisotopic (exact) mass is 581 g/mol. The lowest BCUT2D eigenvalue weighted by molar-refractivity contribution is 0.00578. The third kappa shape index (κ3) is 5.47. The van der Waals surface area contributed by atoms with Gasteiger partial charge in [0.05, 0.1) is 40.0 Å². The van der Waals surface area contributed by atoms with Gasteiger partial charge in [-0.15, -0.1) is 0 Å². The number of hydrogen-bond donors (Lipinski definition) is 1. The van der Waals surface area contributed by atoms with Gasteiger partial charge in [0.1, 0.15) is 0 Å². The predicted molar refractivity (Wildman–Crippen MR) is 168 cm³/mol. The van der Waals surface area contributed by atoms with Gasteiger partial charge in [-0.2, -0.15) is 10.2 Å². The van der Waals surface area contributed by atoms with Crippen molar-refractivity contribution in [1.82, 2.24) is 24.5 Å². The number of allylic oxidation sites excluding steroid dienone is 1. The van der Waals surface area contributed by atoms with Gasteiger partial charge < -0.3 is 14.4 Å². The molecule has 0 spiro atoms. The van der Waals surface area contributed by atoms with Gasteiger partial charge in [-0.1, -0.05) is 37.3 Å². The molecule has 9 nitrogen and oxygen atoms in total. The Balaban J connectivity index is 0.000000140. The summed E-state index contributed by atoms with van der Waals surface area (Å²) in [5.41, 5.74) is 4.11. The Bertz CT molecular complexity index is 1720. The van der Waals surface area contributed by atoms with Crippen LogP contribution in [0.1, 0.15) is 84.4 Å². The molecule has 2 aliphatic carbocycles. The van der Waals surface area contributed by atoms with E-state index >= 15 is 0 Å². The summed E-state index contributed by atoms with van der Waals surface area (Å²) in [6.07, 6.45) is 11.2. The van der Waals surface area contributed by atoms with Crippen LogP contribution in [0.5, 0.6) is 0 Å². The van der Waals surface area contributed by atoms with Crippen LogP contribution in [0.25, 0.3) is 27.5 Å². The number of rotatable bonds is 4. The van der Waals surface area contributed by atoms with Gasteiger partial charge in [0.15, 0.2) is 0 Å². The van der Waals surface area contributed by atoms with Crippen molar-refractivity contribution in [2.45, 2.75) is 90.0 Å². The van der Waals surface area contributed by atoms with Crippen LogP contribution in [0.4, 0.5) is 4.79 Å². The first-order valence-corrected chi connectivity index (χ1v) is 15.5. The lowest BCUT2D eigenvalue weighted by atomic mass is 9.79. The fraction of sp³-hybridized carbons (Fsp3) is 0.485. The first kappa shape index (κ1) is 28.2. The molecule has 3 fully saturated rings. The number of hydrogen-bond acceptors (Lipinski definition) is 5. The maximum atomic E-state index is 11.5. The van der Waals surface area contributed by atoms with Gasteiger partial charge in [-0.3, -0.25) is 14.3 Å². The average molecular weight is 582 g/mol. The summed E-state index contributed by atoms with van der Waals surface area (Å²) in [7, 11) is -0.314. The van der Waals surface area contributed by atoms with Crippen LogP contribution in [0.3, 0.4) is 0 Å². The Morgan fingerprint density at radius 2 is 1.44 bits per heavy atom. The van der Waals surface area contributed by atoms with Crippen LogP contribution in [-0.2, 0) is 9.31 Å². The zero-order chi connectivity index (χ0) is 30.1. The minimum absolute atomic E-state index is 0.306. The molecule has 0 radical (unpaired) electrons. The molecule has 1 atom stereocenters. The number of carbonyl (C=O) groups is 1. The first-order valence-electron chi connectivity index (χ1n) is 15.5. The summed E-state index contributed by atoms with van der Waals surface area (Å²) in [6, 6.07) is 13.5. The van der Waals surface area contributed by atoms with Crippen LogP contribution in [0.15, 0.2) is 54.9 Å². The summed E-state index contributed by atoms with van der Waals surface area (Å²) in [6.45, 7) is 10.9. The molecule has 0 bridgehead atoms. The third-order valence-corrected chi connectivity index (χ3v) is 9.47. The molecular formula is C33H40BN5O4. The Hall–Kier alpha value is -3.63. The predicted octanol–water partition coefficient (Wildman–Crippen LogP) is 6.40. The van der Waals surface area contributed by atoms with Crippen molar-refractivity contribution in [1.29, 1.82) is 0 Å². The first-order chi connectivity index (χ1) is 20.5. The molecule has 1 amide bonds. The summed E-state index contributed by atoms with van der Waals surface area (Å²) in [5.74, 6) is 0.359. The largest absolute Gasteiger partial charge is 0.494 e. The minimum atomic E-state index is -0.888. The van der Waals surface area contributed by atoms with E-state index in [-0.39, 0.29) is 18.3 Å². The van der Waals surface area contributed by atoms with Crippen molar-refractivity contribution in [3.63, 3.8) is 0 Å². The Morgan fingerprint density at radius 3 is 2.00 bits per heavy atom. The average Bonchev–Trinajstić information content (AvgIpc) is 3.89.